The maximum Gasteiger partial charge on any atom is 0.164 e. The number of hydrogen-bond donors (Lipinski definition) is 1. The lowest BCUT2D eigenvalue weighted by Gasteiger charge is -2.15. The van der Waals surface area contributed by atoms with E-state index in [1.54, 1.807) is 19.2 Å². The zero-order valence-electron chi connectivity index (χ0n) is 10.3. The van der Waals surface area contributed by atoms with Crippen LogP contribution in [-0.2, 0) is 6.42 Å². The molecule has 0 aliphatic rings. The van der Waals surface area contributed by atoms with Crippen molar-refractivity contribution in [3.05, 3.63) is 59.1 Å². The van der Waals surface area contributed by atoms with Crippen molar-refractivity contribution >= 4 is 0 Å². The Hall–Kier alpha value is -1.68. The molecule has 0 saturated heterocycles. The molecule has 0 amide bonds. The second kappa shape index (κ2) is 5.31. The minimum absolute atomic E-state index is 0.245. The molecule has 1 aromatic carbocycles. The van der Waals surface area contributed by atoms with Crippen LogP contribution in [0.1, 0.15) is 30.0 Å². The van der Waals surface area contributed by atoms with Gasteiger partial charge < -0.3 is 9.73 Å². The van der Waals surface area contributed by atoms with Gasteiger partial charge in [-0.2, -0.15) is 0 Å². The number of aryl methyl sites for hydroxylation is 1. The fourth-order valence-corrected chi connectivity index (χ4v) is 1.93. The van der Waals surface area contributed by atoms with Crippen molar-refractivity contribution in [2.75, 3.05) is 7.05 Å². The van der Waals surface area contributed by atoms with E-state index >= 15 is 0 Å². The Labute approximate surface area is 105 Å². The molecule has 0 bridgehead atoms. The molecular weight excluding hydrogens is 236 g/mol. The Morgan fingerprint density at radius 1 is 1.22 bits per heavy atom. The lowest BCUT2D eigenvalue weighted by Crippen LogP contribution is -2.18. The van der Waals surface area contributed by atoms with Crippen molar-refractivity contribution in [2.24, 2.45) is 0 Å². The molecule has 1 atom stereocenters. The third-order valence-corrected chi connectivity index (χ3v) is 2.90. The van der Waals surface area contributed by atoms with Gasteiger partial charge in [-0.3, -0.25) is 0 Å². The van der Waals surface area contributed by atoms with E-state index < -0.39 is 17.7 Å². The Morgan fingerprint density at radius 3 is 2.61 bits per heavy atom. The van der Waals surface area contributed by atoms with Crippen LogP contribution in [0.4, 0.5) is 8.78 Å². The van der Waals surface area contributed by atoms with E-state index in [4.69, 9.17) is 4.42 Å². The molecule has 2 aromatic rings. The van der Waals surface area contributed by atoms with Crippen molar-refractivity contribution in [3.8, 4) is 0 Å². The average Bonchev–Trinajstić information content (AvgIpc) is 2.84. The molecule has 2 nitrogen and oxygen atoms in total. The number of hydrogen-bond acceptors (Lipinski definition) is 2. The molecular formula is C14H15F2NO. The van der Waals surface area contributed by atoms with Gasteiger partial charge in [-0.15, -0.1) is 0 Å². The first-order valence-electron chi connectivity index (χ1n) is 5.87. The Morgan fingerprint density at radius 2 is 2.00 bits per heavy atom. The predicted octanol–water partition coefficient (Wildman–Crippen LogP) is 3.43. The van der Waals surface area contributed by atoms with Gasteiger partial charge in [0.25, 0.3) is 0 Å². The second-order valence-electron chi connectivity index (χ2n) is 4.02. The molecule has 0 saturated carbocycles. The number of halogens is 2. The largest absolute Gasteiger partial charge is 0.464 e. The summed E-state index contributed by atoms with van der Waals surface area (Å²) in [4.78, 5) is 0. The maximum absolute atomic E-state index is 13.8. The summed E-state index contributed by atoms with van der Waals surface area (Å²) in [6.45, 7) is 1.97. The normalized spacial score (nSPS) is 12.7. The highest BCUT2D eigenvalue weighted by molar-refractivity contribution is 5.29. The summed E-state index contributed by atoms with van der Waals surface area (Å²) in [6, 6.07) is 7.28. The third-order valence-electron chi connectivity index (χ3n) is 2.90. The van der Waals surface area contributed by atoms with Crippen molar-refractivity contribution in [3.63, 3.8) is 0 Å². The summed E-state index contributed by atoms with van der Waals surface area (Å²) in [7, 11) is 1.68. The van der Waals surface area contributed by atoms with Crippen molar-refractivity contribution < 1.29 is 13.2 Å². The van der Waals surface area contributed by atoms with Crippen LogP contribution in [0.15, 0.2) is 34.7 Å². The summed E-state index contributed by atoms with van der Waals surface area (Å²) in [6.07, 6.45) is 0.766. The first-order chi connectivity index (χ1) is 8.67. The first kappa shape index (κ1) is 12.8. The highest BCUT2D eigenvalue weighted by Crippen LogP contribution is 2.26. The molecule has 96 valence electrons. The quantitative estimate of drug-likeness (QED) is 0.900. The molecule has 1 heterocycles. The van der Waals surface area contributed by atoms with E-state index in [1.165, 1.54) is 6.07 Å². The Kier molecular flexibility index (Phi) is 3.77. The molecule has 1 aromatic heterocycles. The van der Waals surface area contributed by atoms with Gasteiger partial charge in [0.05, 0.1) is 6.04 Å². The van der Waals surface area contributed by atoms with E-state index in [2.05, 4.69) is 5.32 Å². The lowest BCUT2D eigenvalue weighted by atomic mass is 10.0. The summed E-state index contributed by atoms with van der Waals surface area (Å²) in [5.74, 6) is -0.290. The number of furan rings is 1. The molecule has 0 radical (unpaired) electrons. The van der Waals surface area contributed by atoms with Crippen molar-refractivity contribution in [2.45, 2.75) is 19.4 Å². The maximum atomic E-state index is 13.8. The molecule has 0 spiro atoms. The standard InChI is InChI=1S/C14H15F2NO/c1-3-9-7-8-12(18-9)14(17-2)10-5-4-6-11(15)13(10)16/h4-8,14,17H,3H2,1-2H3. The van der Waals surface area contributed by atoms with Crippen LogP contribution in [0.5, 0.6) is 0 Å². The van der Waals surface area contributed by atoms with Gasteiger partial charge in [-0.1, -0.05) is 19.1 Å². The molecule has 18 heavy (non-hydrogen) atoms. The van der Waals surface area contributed by atoms with Crippen LogP contribution >= 0.6 is 0 Å². The van der Waals surface area contributed by atoms with Crippen LogP contribution in [0, 0.1) is 11.6 Å². The van der Waals surface area contributed by atoms with Gasteiger partial charge in [0.1, 0.15) is 11.5 Å². The molecule has 2 rings (SSSR count). The minimum Gasteiger partial charge on any atom is -0.464 e. The van der Waals surface area contributed by atoms with Gasteiger partial charge in [0.2, 0.25) is 0 Å². The van der Waals surface area contributed by atoms with E-state index in [-0.39, 0.29) is 5.56 Å². The van der Waals surface area contributed by atoms with Gasteiger partial charge in [-0.05, 0) is 25.2 Å². The Bertz CT molecular complexity index is 536. The van der Waals surface area contributed by atoms with E-state index in [9.17, 15) is 8.78 Å². The van der Waals surface area contributed by atoms with Crippen molar-refractivity contribution in [1.29, 1.82) is 0 Å². The summed E-state index contributed by atoms with van der Waals surface area (Å²) in [5.41, 5.74) is 0.245. The van der Waals surface area contributed by atoms with Crippen LogP contribution in [-0.4, -0.2) is 7.05 Å². The highest BCUT2D eigenvalue weighted by atomic mass is 19.2. The minimum atomic E-state index is -0.852. The number of rotatable bonds is 4. The Balaban J connectivity index is 2.41. The van der Waals surface area contributed by atoms with E-state index in [0.717, 1.165) is 18.2 Å². The summed E-state index contributed by atoms with van der Waals surface area (Å²) in [5, 5.41) is 2.94. The molecule has 0 fully saturated rings. The highest BCUT2D eigenvalue weighted by Gasteiger charge is 2.21. The molecule has 1 N–H and O–H groups in total. The van der Waals surface area contributed by atoms with E-state index in [0.29, 0.717) is 5.76 Å². The lowest BCUT2D eigenvalue weighted by molar-refractivity contribution is 0.419. The molecule has 1 unspecified atom stereocenters. The van der Waals surface area contributed by atoms with Gasteiger partial charge in [0.15, 0.2) is 11.6 Å². The zero-order valence-corrected chi connectivity index (χ0v) is 10.3. The average molecular weight is 251 g/mol. The first-order valence-corrected chi connectivity index (χ1v) is 5.87. The topological polar surface area (TPSA) is 25.2 Å². The van der Waals surface area contributed by atoms with Crippen LogP contribution in [0.3, 0.4) is 0 Å². The predicted molar refractivity (Wildman–Crippen MR) is 65.3 cm³/mol. The number of benzene rings is 1. The number of nitrogens with one attached hydrogen (secondary N) is 1. The monoisotopic (exact) mass is 251 g/mol. The molecule has 4 heteroatoms. The van der Waals surface area contributed by atoms with E-state index in [1.807, 2.05) is 13.0 Å². The van der Waals surface area contributed by atoms with Gasteiger partial charge in [-0.25, -0.2) is 8.78 Å². The van der Waals surface area contributed by atoms with Crippen LogP contribution < -0.4 is 5.32 Å². The van der Waals surface area contributed by atoms with Crippen LogP contribution in [0.25, 0.3) is 0 Å². The zero-order chi connectivity index (χ0) is 13.1. The second-order valence-corrected chi connectivity index (χ2v) is 4.02. The van der Waals surface area contributed by atoms with Crippen molar-refractivity contribution in [1.82, 2.24) is 5.32 Å². The summed E-state index contributed by atoms with van der Waals surface area (Å²) >= 11 is 0. The fraction of sp³-hybridized carbons (Fsp3) is 0.286. The molecule has 0 aliphatic heterocycles. The molecule has 0 aliphatic carbocycles. The third kappa shape index (κ3) is 2.29. The fourth-order valence-electron chi connectivity index (χ4n) is 1.93. The SMILES string of the molecule is CCc1ccc(C(NC)c2cccc(F)c2F)o1. The van der Waals surface area contributed by atoms with Gasteiger partial charge >= 0.3 is 0 Å². The smallest absolute Gasteiger partial charge is 0.164 e. The van der Waals surface area contributed by atoms with Gasteiger partial charge in [0, 0.05) is 12.0 Å². The van der Waals surface area contributed by atoms with Crippen LogP contribution in [0.2, 0.25) is 0 Å². The summed E-state index contributed by atoms with van der Waals surface area (Å²) < 4.78 is 32.6.